The maximum absolute atomic E-state index is 13.5. The van der Waals surface area contributed by atoms with Crippen LogP contribution in [0.15, 0.2) is 66.2 Å². The van der Waals surface area contributed by atoms with Crippen LogP contribution in [0.5, 0.6) is 11.5 Å². The molecule has 1 amide bonds. The minimum absolute atomic E-state index is 0.0299. The molecule has 0 spiro atoms. The van der Waals surface area contributed by atoms with Crippen LogP contribution in [0.1, 0.15) is 43.5 Å². The van der Waals surface area contributed by atoms with Gasteiger partial charge >= 0.3 is 0 Å². The molecule has 1 aliphatic rings. The molecule has 1 saturated heterocycles. The first-order valence-electron chi connectivity index (χ1n) is 11.6. The highest BCUT2D eigenvalue weighted by molar-refractivity contribution is 6.52. The third-order valence-electron chi connectivity index (χ3n) is 6.37. The van der Waals surface area contributed by atoms with Gasteiger partial charge in [-0.2, -0.15) is 0 Å². The quantitative estimate of drug-likeness (QED) is 0.216. The van der Waals surface area contributed by atoms with Gasteiger partial charge in [0.2, 0.25) is 0 Å². The van der Waals surface area contributed by atoms with Crippen molar-refractivity contribution in [3.63, 3.8) is 0 Å². The van der Waals surface area contributed by atoms with Crippen LogP contribution in [-0.2, 0) is 15.0 Å². The highest BCUT2D eigenvalue weighted by atomic mass is 35.5. The Morgan fingerprint density at radius 2 is 1.51 bits per heavy atom. The molecule has 1 fully saturated rings. The Bertz CT molecular complexity index is 1390. The number of carbonyl (C=O) groups excluding carboxylic acids is 2. The van der Waals surface area contributed by atoms with Gasteiger partial charge in [0.15, 0.2) is 11.5 Å². The van der Waals surface area contributed by atoms with Crippen LogP contribution in [0.25, 0.3) is 5.76 Å². The van der Waals surface area contributed by atoms with Gasteiger partial charge in [0.1, 0.15) is 10.8 Å². The van der Waals surface area contributed by atoms with Crippen LogP contribution in [-0.4, -0.2) is 31.0 Å². The number of aliphatic hydroxyl groups is 1. The second kappa shape index (κ2) is 10.1. The molecule has 6 nitrogen and oxygen atoms in total. The van der Waals surface area contributed by atoms with E-state index in [0.717, 1.165) is 5.56 Å². The Labute approximate surface area is 226 Å². The third-order valence-corrected chi connectivity index (χ3v) is 6.99. The van der Waals surface area contributed by atoms with Crippen molar-refractivity contribution in [1.29, 1.82) is 0 Å². The van der Waals surface area contributed by atoms with Gasteiger partial charge in [-0.15, -0.1) is 0 Å². The second-order valence-electron chi connectivity index (χ2n) is 9.66. The fourth-order valence-corrected chi connectivity index (χ4v) is 5.15. The molecular weight excluding hydrogens is 513 g/mol. The van der Waals surface area contributed by atoms with Gasteiger partial charge in [-0.05, 0) is 34.7 Å². The molecule has 0 bridgehead atoms. The van der Waals surface area contributed by atoms with Gasteiger partial charge < -0.3 is 14.6 Å². The Morgan fingerprint density at radius 1 is 0.919 bits per heavy atom. The monoisotopic (exact) mass is 539 g/mol. The average molecular weight is 540 g/mol. The number of aliphatic hydroxyl groups excluding tert-OH is 1. The Hall–Kier alpha value is -3.48. The third kappa shape index (κ3) is 4.67. The van der Waals surface area contributed by atoms with Crippen molar-refractivity contribution in [3.05, 3.63) is 93.0 Å². The molecule has 192 valence electrons. The van der Waals surface area contributed by atoms with Crippen LogP contribution >= 0.6 is 23.2 Å². The molecule has 3 aromatic rings. The van der Waals surface area contributed by atoms with Gasteiger partial charge in [-0.1, -0.05) is 86.4 Å². The molecule has 1 aliphatic heterocycles. The van der Waals surface area contributed by atoms with E-state index in [9.17, 15) is 14.7 Å². The fraction of sp³-hybridized carbons (Fsp3) is 0.241. The van der Waals surface area contributed by atoms with Crippen molar-refractivity contribution >= 4 is 46.3 Å². The van der Waals surface area contributed by atoms with Crippen molar-refractivity contribution in [3.8, 4) is 11.5 Å². The van der Waals surface area contributed by atoms with Gasteiger partial charge in [-0.3, -0.25) is 14.5 Å². The van der Waals surface area contributed by atoms with Gasteiger partial charge in [0, 0.05) is 5.69 Å². The zero-order chi connectivity index (χ0) is 27.1. The summed E-state index contributed by atoms with van der Waals surface area (Å²) in [5, 5.41) is 11.7. The molecule has 0 radical (unpaired) electrons. The number of halogens is 2. The molecule has 1 unspecified atom stereocenters. The summed E-state index contributed by atoms with van der Waals surface area (Å²) in [7, 11) is 2.77. The van der Waals surface area contributed by atoms with Crippen molar-refractivity contribution in [2.45, 2.75) is 32.2 Å². The number of rotatable bonds is 5. The number of benzene rings is 3. The smallest absolute Gasteiger partial charge is 0.300 e. The molecule has 0 aliphatic carbocycles. The molecule has 8 heteroatoms. The van der Waals surface area contributed by atoms with Crippen LogP contribution in [0.2, 0.25) is 10.0 Å². The summed E-state index contributed by atoms with van der Waals surface area (Å²) in [6.07, 6.45) is 0. The number of hydrogen-bond acceptors (Lipinski definition) is 5. The fourth-order valence-electron chi connectivity index (χ4n) is 4.46. The van der Waals surface area contributed by atoms with E-state index in [2.05, 4.69) is 20.8 Å². The lowest BCUT2D eigenvalue weighted by Crippen LogP contribution is -2.29. The predicted molar refractivity (Wildman–Crippen MR) is 146 cm³/mol. The Morgan fingerprint density at radius 3 is 2.05 bits per heavy atom. The Balaban J connectivity index is 1.96. The highest BCUT2D eigenvalue weighted by Gasteiger charge is 2.47. The zero-order valence-corrected chi connectivity index (χ0v) is 22.6. The van der Waals surface area contributed by atoms with Gasteiger partial charge in [-0.25, -0.2) is 0 Å². The van der Waals surface area contributed by atoms with Crippen LogP contribution in [0, 0.1) is 0 Å². The van der Waals surface area contributed by atoms with E-state index < -0.39 is 23.5 Å². The average Bonchev–Trinajstić information content (AvgIpc) is 3.14. The van der Waals surface area contributed by atoms with Gasteiger partial charge in [0.05, 0.1) is 36.4 Å². The first-order valence-corrected chi connectivity index (χ1v) is 12.3. The number of hydrogen-bond donors (Lipinski definition) is 1. The summed E-state index contributed by atoms with van der Waals surface area (Å²) in [4.78, 5) is 28.3. The maximum Gasteiger partial charge on any atom is 0.300 e. The van der Waals surface area contributed by atoms with Crippen LogP contribution < -0.4 is 14.4 Å². The number of nitrogens with zero attached hydrogens (tertiary/aromatic N) is 1. The molecule has 1 heterocycles. The van der Waals surface area contributed by atoms with E-state index in [1.807, 2.05) is 30.3 Å². The molecule has 3 aromatic carbocycles. The predicted octanol–water partition coefficient (Wildman–Crippen LogP) is 6.93. The van der Waals surface area contributed by atoms with Crippen LogP contribution in [0.3, 0.4) is 0 Å². The molecular formula is C29H27Cl2NO5. The van der Waals surface area contributed by atoms with E-state index >= 15 is 0 Å². The summed E-state index contributed by atoms with van der Waals surface area (Å²) in [6, 6.07) is 17.0. The Kier molecular flexibility index (Phi) is 7.27. The summed E-state index contributed by atoms with van der Waals surface area (Å²) in [5.74, 6) is -1.83. The van der Waals surface area contributed by atoms with Crippen molar-refractivity contribution in [2.75, 3.05) is 19.1 Å². The maximum atomic E-state index is 13.5. The summed E-state index contributed by atoms with van der Waals surface area (Å²) in [5.41, 5.74) is 2.13. The minimum atomic E-state index is -0.897. The molecule has 1 atom stereocenters. The molecule has 4 rings (SSSR count). The second-order valence-corrected chi connectivity index (χ2v) is 10.4. The first kappa shape index (κ1) is 26.6. The summed E-state index contributed by atoms with van der Waals surface area (Å²) in [6.45, 7) is 6.28. The van der Waals surface area contributed by atoms with E-state index in [1.54, 1.807) is 24.3 Å². The standard InChI is InChI=1S/C29H27Cl2NO5/c1-29(2,3)17-11-13-18(14-12-17)32-23(16-9-7-6-8-10-16)21(25(34)28(32)35)24(33)19-15-20(30)27(37-5)22(31)26(19)36-4/h6-15,23,33H,1-5H3/b24-21+. The SMILES string of the molecule is COc1c(Cl)cc(/C(O)=C2\C(=O)C(=O)N(c3ccc(C(C)(C)C)cc3)C2c2ccccc2)c(OC)c1Cl. The van der Waals surface area contributed by atoms with E-state index in [0.29, 0.717) is 11.3 Å². The number of methoxy groups -OCH3 is 2. The lowest BCUT2D eigenvalue weighted by molar-refractivity contribution is -0.132. The number of Topliss-reactive ketones (excluding diaryl/α,β-unsaturated/α-hetero) is 1. The number of ketones is 1. The first-order chi connectivity index (χ1) is 17.5. The van der Waals surface area contributed by atoms with E-state index in [4.69, 9.17) is 32.7 Å². The number of carbonyl (C=O) groups is 2. The molecule has 0 saturated carbocycles. The van der Waals surface area contributed by atoms with E-state index in [1.165, 1.54) is 25.2 Å². The molecule has 1 N–H and O–H groups in total. The number of ether oxygens (including phenoxy) is 2. The van der Waals surface area contributed by atoms with Crippen molar-refractivity contribution in [1.82, 2.24) is 0 Å². The van der Waals surface area contributed by atoms with Crippen LogP contribution in [0.4, 0.5) is 5.69 Å². The van der Waals surface area contributed by atoms with Crippen molar-refractivity contribution < 1.29 is 24.2 Å². The van der Waals surface area contributed by atoms with Gasteiger partial charge in [0.25, 0.3) is 11.7 Å². The zero-order valence-electron chi connectivity index (χ0n) is 21.1. The topological polar surface area (TPSA) is 76.1 Å². The lowest BCUT2D eigenvalue weighted by atomic mass is 9.87. The number of amides is 1. The summed E-state index contributed by atoms with van der Waals surface area (Å²) >= 11 is 12.8. The highest BCUT2D eigenvalue weighted by Crippen LogP contribution is 2.48. The van der Waals surface area contributed by atoms with E-state index in [-0.39, 0.29) is 38.1 Å². The number of anilines is 1. The lowest BCUT2D eigenvalue weighted by Gasteiger charge is -2.27. The largest absolute Gasteiger partial charge is 0.507 e. The molecule has 0 aromatic heterocycles. The normalized spacial score (nSPS) is 17.3. The molecule has 37 heavy (non-hydrogen) atoms. The summed E-state index contributed by atoms with van der Waals surface area (Å²) < 4.78 is 10.7. The van der Waals surface area contributed by atoms with Crippen molar-refractivity contribution in [2.24, 2.45) is 0 Å². The minimum Gasteiger partial charge on any atom is -0.507 e.